The lowest BCUT2D eigenvalue weighted by Gasteiger charge is -2.22. The standard InChI is InChI=1S/C52H35N3/c1-52(2)46-27-15-14-23-39(46)40-29-28-33(30-47(40)52)50-53-49(32-16-4-3-5-17-32)54-51(55-50)43-26-13-10-22-38(43)44-31-45-36-20-7-6-18-34(36)35-19-8-11-24-41(35)48(45)42-25-12-9-21-37(42)44/h3-31H,1-2H3. The monoisotopic (exact) mass is 701 g/mol. The van der Waals surface area contributed by atoms with Crippen LogP contribution >= 0.6 is 0 Å². The molecular formula is C52H35N3. The average molecular weight is 702 g/mol. The average Bonchev–Trinajstić information content (AvgIpc) is 3.48. The highest BCUT2D eigenvalue weighted by molar-refractivity contribution is 6.33. The summed E-state index contributed by atoms with van der Waals surface area (Å²) in [5.41, 5.74) is 10.2. The Balaban J connectivity index is 1.17. The molecular weight excluding hydrogens is 667 g/mol. The first-order chi connectivity index (χ1) is 27.0. The van der Waals surface area contributed by atoms with Crippen LogP contribution in [-0.2, 0) is 5.41 Å². The fraction of sp³-hybridized carbons (Fsp3) is 0.0577. The molecule has 1 aliphatic rings. The largest absolute Gasteiger partial charge is 0.208 e. The molecule has 3 heteroatoms. The molecule has 0 atom stereocenters. The molecule has 258 valence electrons. The summed E-state index contributed by atoms with van der Waals surface area (Å²) < 4.78 is 0. The molecule has 0 amide bonds. The number of fused-ring (bicyclic) bond motifs is 11. The summed E-state index contributed by atoms with van der Waals surface area (Å²) in [6.07, 6.45) is 0. The summed E-state index contributed by atoms with van der Waals surface area (Å²) in [6, 6.07) is 63.1. The molecule has 0 unspecified atom stereocenters. The molecule has 0 saturated carbocycles. The van der Waals surface area contributed by atoms with Gasteiger partial charge in [0, 0.05) is 22.1 Å². The maximum atomic E-state index is 5.32. The zero-order valence-electron chi connectivity index (χ0n) is 30.6. The third-order valence-corrected chi connectivity index (χ3v) is 11.7. The van der Waals surface area contributed by atoms with Crippen LogP contribution in [0, 0.1) is 0 Å². The second-order valence-electron chi connectivity index (χ2n) is 15.1. The van der Waals surface area contributed by atoms with Crippen LogP contribution in [0.5, 0.6) is 0 Å². The van der Waals surface area contributed by atoms with E-state index in [1.54, 1.807) is 0 Å². The van der Waals surface area contributed by atoms with Crippen molar-refractivity contribution in [3.05, 3.63) is 187 Å². The molecule has 3 nitrogen and oxygen atoms in total. The van der Waals surface area contributed by atoms with Gasteiger partial charge < -0.3 is 0 Å². The van der Waals surface area contributed by atoms with Crippen molar-refractivity contribution < 1.29 is 0 Å². The van der Waals surface area contributed by atoms with Crippen molar-refractivity contribution in [1.82, 2.24) is 15.0 Å². The molecule has 0 spiro atoms. The van der Waals surface area contributed by atoms with Crippen LogP contribution in [0.1, 0.15) is 25.0 Å². The van der Waals surface area contributed by atoms with Crippen molar-refractivity contribution in [3.8, 4) is 56.4 Å². The number of rotatable bonds is 4. The number of benzene rings is 9. The topological polar surface area (TPSA) is 38.7 Å². The Kier molecular flexibility index (Phi) is 6.90. The first-order valence-electron chi connectivity index (χ1n) is 19.0. The normalized spacial score (nSPS) is 13.1. The van der Waals surface area contributed by atoms with Gasteiger partial charge in [-0.2, -0.15) is 0 Å². The van der Waals surface area contributed by atoms with Gasteiger partial charge in [-0.3, -0.25) is 0 Å². The lowest BCUT2D eigenvalue weighted by molar-refractivity contribution is 0.660. The Morgan fingerprint density at radius 1 is 0.309 bits per heavy atom. The summed E-state index contributed by atoms with van der Waals surface area (Å²) in [4.78, 5) is 15.7. The van der Waals surface area contributed by atoms with Crippen LogP contribution in [0.25, 0.3) is 99.5 Å². The highest BCUT2D eigenvalue weighted by atomic mass is 15.0. The molecule has 9 aromatic carbocycles. The third kappa shape index (κ3) is 4.79. The molecule has 10 aromatic rings. The molecule has 0 N–H and O–H groups in total. The van der Waals surface area contributed by atoms with Crippen LogP contribution < -0.4 is 0 Å². The Labute approximate surface area is 319 Å². The van der Waals surface area contributed by atoms with Gasteiger partial charge in [-0.1, -0.05) is 178 Å². The molecule has 0 fully saturated rings. The molecule has 0 radical (unpaired) electrons. The summed E-state index contributed by atoms with van der Waals surface area (Å²) in [6.45, 7) is 4.62. The molecule has 0 bridgehead atoms. The minimum atomic E-state index is -0.140. The number of hydrogen-bond donors (Lipinski definition) is 0. The van der Waals surface area contributed by atoms with Gasteiger partial charge in [0.25, 0.3) is 0 Å². The quantitative estimate of drug-likeness (QED) is 0.171. The Hall–Kier alpha value is -6.97. The summed E-state index contributed by atoms with van der Waals surface area (Å²) in [5, 5.41) is 9.99. The van der Waals surface area contributed by atoms with Crippen molar-refractivity contribution in [3.63, 3.8) is 0 Å². The lowest BCUT2D eigenvalue weighted by Crippen LogP contribution is -2.15. The van der Waals surface area contributed by atoms with Gasteiger partial charge in [-0.25, -0.2) is 15.0 Å². The van der Waals surface area contributed by atoms with E-state index in [-0.39, 0.29) is 5.41 Å². The van der Waals surface area contributed by atoms with E-state index in [9.17, 15) is 0 Å². The first kappa shape index (κ1) is 31.5. The van der Waals surface area contributed by atoms with Crippen LogP contribution in [-0.4, -0.2) is 15.0 Å². The summed E-state index contributed by atoms with van der Waals surface area (Å²) in [7, 11) is 0. The molecule has 55 heavy (non-hydrogen) atoms. The Morgan fingerprint density at radius 3 is 1.53 bits per heavy atom. The summed E-state index contributed by atoms with van der Waals surface area (Å²) in [5.74, 6) is 1.96. The van der Waals surface area contributed by atoms with Crippen molar-refractivity contribution >= 4 is 43.1 Å². The van der Waals surface area contributed by atoms with E-state index < -0.39 is 0 Å². The van der Waals surface area contributed by atoms with Crippen molar-refractivity contribution in [2.75, 3.05) is 0 Å². The maximum absolute atomic E-state index is 5.32. The van der Waals surface area contributed by atoms with E-state index in [1.807, 2.05) is 18.2 Å². The van der Waals surface area contributed by atoms with Gasteiger partial charge in [0.2, 0.25) is 0 Å². The van der Waals surface area contributed by atoms with E-state index in [4.69, 9.17) is 15.0 Å². The van der Waals surface area contributed by atoms with Crippen LogP contribution in [0.4, 0.5) is 0 Å². The fourth-order valence-electron chi connectivity index (χ4n) is 9.09. The van der Waals surface area contributed by atoms with E-state index >= 15 is 0 Å². The third-order valence-electron chi connectivity index (χ3n) is 11.7. The summed E-state index contributed by atoms with van der Waals surface area (Å²) >= 11 is 0. The van der Waals surface area contributed by atoms with E-state index in [1.165, 1.54) is 65.3 Å². The fourth-order valence-corrected chi connectivity index (χ4v) is 9.09. The zero-order valence-corrected chi connectivity index (χ0v) is 30.6. The predicted molar refractivity (Wildman–Crippen MR) is 229 cm³/mol. The molecule has 1 aromatic heterocycles. The van der Waals surface area contributed by atoms with Crippen molar-refractivity contribution in [2.45, 2.75) is 19.3 Å². The maximum Gasteiger partial charge on any atom is 0.164 e. The van der Waals surface area contributed by atoms with Crippen molar-refractivity contribution in [1.29, 1.82) is 0 Å². The second kappa shape index (κ2) is 12.0. The molecule has 0 aliphatic heterocycles. The highest BCUT2D eigenvalue weighted by Gasteiger charge is 2.35. The zero-order chi connectivity index (χ0) is 36.7. The Morgan fingerprint density at radius 2 is 0.800 bits per heavy atom. The Bertz CT molecular complexity index is 3180. The number of nitrogens with zero attached hydrogens (tertiary/aromatic N) is 3. The molecule has 0 saturated heterocycles. The predicted octanol–water partition coefficient (Wildman–Crippen LogP) is 13.5. The van der Waals surface area contributed by atoms with Gasteiger partial charge in [-0.15, -0.1) is 0 Å². The van der Waals surface area contributed by atoms with E-state index in [2.05, 4.69) is 172 Å². The smallest absolute Gasteiger partial charge is 0.164 e. The van der Waals surface area contributed by atoms with Crippen molar-refractivity contribution in [2.24, 2.45) is 0 Å². The van der Waals surface area contributed by atoms with Gasteiger partial charge in [0.15, 0.2) is 17.5 Å². The van der Waals surface area contributed by atoms with Crippen LogP contribution in [0.15, 0.2) is 176 Å². The lowest BCUT2D eigenvalue weighted by atomic mass is 9.82. The molecule has 1 heterocycles. The molecule has 11 rings (SSSR count). The number of hydrogen-bond acceptors (Lipinski definition) is 3. The van der Waals surface area contributed by atoms with Gasteiger partial charge >= 0.3 is 0 Å². The van der Waals surface area contributed by atoms with Crippen LogP contribution in [0.3, 0.4) is 0 Å². The van der Waals surface area contributed by atoms with Crippen LogP contribution in [0.2, 0.25) is 0 Å². The molecule has 1 aliphatic carbocycles. The highest BCUT2D eigenvalue weighted by Crippen LogP contribution is 2.50. The second-order valence-corrected chi connectivity index (χ2v) is 15.1. The number of aromatic nitrogens is 3. The van der Waals surface area contributed by atoms with E-state index in [0.717, 1.165) is 27.8 Å². The van der Waals surface area contributed by atoms with Gasteiger partial charge in [-0.05, 0) is 88.6 Å². The van der Waals surface area contributed by atoms with Gasteiger partial charge in [0.1, 0.15) is 0 Å². The SMILES string of the molecule is CC1(C)c2ccccc2-c2ccc(-c3nc(-c4ccccc4)nc(-c4ccccc4-c4cc5c6ccccc6c6ccccc6c5c5ccccc45)n3)cc21. The van der Waals surface area contributed by atoms with E-state index in [0.29, 0.717) is 17.5 Å². The minimum absolute atomic E-state index is 0.140. The minimum Gasteiger partial charge on any atom is -0.208 e. The van der Waals surface area contributed by atoms with Gasteiger partial charge in [0.05, 0.1) is 0 Å². The first-order valence-corrected chi connectivity index (χ1v) is 19.0.